The first-order chi connectivity index (χ1) is 15.5. The maximum absolute atomic E-state index is 13.3. The van der Waals surface area contributed by atoms with Crippen LogP contribution in [-0.2, 0) is 14.8 Å². The van der Waals surface area contributed by atoms with Gasteiger partial charge in [-0.25, -0.2) is 22.2 Å². The zero-order valence-electron chi connectivity index (χ0n) is 19.1. The summed E-state index contributed by atoms with van der Waals surface area (Å²) in [5.41, 5.74) is 0.586. The molecule has 2 fully saturated rings. The second-order valence-electron chi connectivity index (χ2n) is 9.02. The van der Waals surface area contributed by atoms with Crippen LogP contribution in [0.25, 0.3) is 0 Å². The molecule has 1 saturated heterocycles. The van der Waals surface area contributed by atoms with Gasteiger partial charge in [-0.1, -0.05) is 0 Å². The lowest BCUT2D eigenvalue weighted by atomic mass is 9.92. The van der Waals surface area contributed by atoms with Crippen molar-refractivity contribution < 1.29 is 31.8 Å². The number of rotatable bonds is 10. The number of alkyl halides is 2. The average molecular weight is 490 g/mol. The summed E-state index contributed by atoms with van der Waals surface area (Å²) in [7, 11) is -4.08. The largest absolute Gasteiger partial charge is 0.480 e. The van der Waals surface area contributed by atoms with Gasteiger partial charge in [-0.2, -0.15) is 4.31 Å². The third kappa shape index (κ3) is 6.60. The van der Waals surface area contributed by atoms with Gasteiger partial charge in [-0.3, -0.25) is 4.79 Å². The second-order valence-corrected chi connectivity index (χ2v) is 10.9. The number of carbonyl (C=O) groups is 1. The zero-order valence-corrected chi connectivity index (χ0v) is 19.9. The SMILES string of the molecule is Cc1ccc(S(=O)(=O)N2CCC[C@H]2C(=O)O)c(O[C@H](C)CCCNC2CCC(F)(F)CC2)n1. The molecule has 1 saturated carbocycles. The number of pyridine rings is 1. The molecule has 3 rings (SSSR count). The number of hydrogen-bond acceptors (Lipinski definition) is 6. The monoisotopic (exact) mass is 489 g/mol. The van der Waals surface area contributed by atoms with E-state index >= 15 is 0 Å². The van der Waals surface area contributed by atoms with Crippen LogP contribution in [0.3, 0.4) is 0 Å². The van der Waals surface area contributed by atoms with Gasteiger partial charge in [0.1, 0.15) is 10.9 Å². The summed E-state index contributed by atoms with van der Waals surface area (Å²) in [5.74, 6) is -3.74. The van der Waals surface area contributed by atoms with Gasteiger partial charge >= 0.3 is 5.97 Å². The number of halogens is 2. The average Bonchev–Trinajstić information content (AvgIpc) is 3.23. The molecule has 0 bridgehead atoms. The molecule has 1 aliphatic carbocycles. The molecular weight excluding hydrogens is 456 g/mol. The first kappa shape index (κ1) is 25.8. The minimum atomic E-state index is -4.08. The molecule has 2 heterocycles. The Labute approximate surface area is 193 Å². The van der Waals surface area contributed by atoms with E-state index in [9.17, 15) is 27.1 Å². The van der Waals surface area contributed by atoms with Crippen LogP contribution in [0.15, 0.2) is 17.0 Å². The van der Waals surface area contributed by atoms with Crippen molar-refractivity contribution in [2.24, 2.45) is 0 Å². The van der Waals surface area contributed by atoms with Gasteiger partial charge < -0.3 is 15.2 Å². The number of aliphatic carboxylic acids is 1. The van der Waals surface area contributed by atoms with Crippen LogP contribution in [0.1, 0.15) is 64.0 Å². The molecule has 8 nitrogen and oxygen atoms in total. The summed E-state index contributed by atoms with van der Waals surface area (Å²) in [4.78, 5) is 15.6. The highest BCUT2D eigenvalue weighted by atomic mass is 32.2. The Morgan fingerprint density at radius 2 is 2.03 bits per heavy atom. The molecule has 1 aromatic heterocycles. The Bertz CT molecular complexity index is 934. The number of hydrogen-bond donors (Lipinski definition) is 2. The number of sulfonamides is 1. The number of aromatic nitrogens is 1. The topological polar surface area (TPSA) is 109 Å². The molecule has 0 amide bonds. The Kier molecular flexibility index (Phi) is 8.28. The maximum atomic E-state index is 13.3. The van der Waals surface area contributed by atoms with Crippen molar-refractivity contribution in [3.8, 4) is 5.88 Å². The van der Waals surface area contributed by atoms with E-state index in [-0.39, 0.29) is 48.7 Å². The number of ether oxygens (including phenoxy) is 1. The van der Waals surface area contributed by atoms with Gasteiger partial charge in [0.25, 0.3) is 0 Å². The van der Waals surface area contributed by atoms with E-state index in [2.05, 4.69) is 10.3 Å². The smallest absolute Gasteiger partial charge is 0.322 e. The van der Waals surface area contributed by atoms with Crippen molar-refractivity contribution in [1.29, 1.82) is 0 Å². The fourth-order valence-corrected chi connectivity index (χ4v) is 6.10. The second kappa shape index (κ2) is 10.6. The molecule has 33 heavy (non-hydrogen) atoms. The molecular formula is C22H33F2N3O5S. The summed E-state index contributed by atoms with van der Waals surface area (Å²) in [6.45, 7) is 4.34. The summed E-state index contributed by atoms with van der Waals surface area (Å²) in [6.07, 6.45) is 2.52. The molecule has 0 unspecified atom stereocenters. The van der Waals surface area contributed by atoms with Crippen LogP contribution >= 0.6 is 0 Å². The quantitative estimate of drug-likeness (QED) is 0.485. The van der Waals surface area contributed by atoms with Crippen LogP contribution < -0.4 is 10.1 Å². The molecule has 2 aliphatic rings. The van der Waals surface area contributed by atoms with Crippen LogP contribution in [0.4, 0.5) is 8.78 Å². The minimum Gasteiger partial charge on any atom is -0.480 e. The number of nitrogens with zero attached hydrogens (tertiary/aromatic N) is 2. The standard InChI is InChI=1S/C22H33F2N3O5S/c1-15-7-8-19(33(30,31)27-14-4-6-18(27)21(28)29)20(26-15)32-16(2)5-3-13-25-17-9-11-22(23,24)12-10-17/h7-8,16-18,25H,3-6,9-14H2,1-2H3,(H,28,29)/t16-,18+/m1/s1. The highest BCUT2D eigenvalue weighted by Gasteiger charge is 2.41. The predicted octanol–water partition coefficient (Wildman–Crippen LogP) is 3.34. The number of nitrogens with one attached hydrogen (secondary N) is 1. The number of aryl methyl sites for hydroxylation is 1. The maximum Gasteiger partial charge on any atom is 0.322 e. The first-order valence-electron chi connectivity index (χ1n) is 11.5. The highest BCUT2D eigenvalue weighted by molar-refractivity contribution is 7.89. The number of carboxylic acid groups (broad SMARTS) is 1. The molecule has 1 aliphatic heterocycles. The van der Waals surface area contributed by atoms with Crippen molar-refractivity contribution in [1.82, 2.24) is 14.6 Å². The van der Waals surface area contributed by atoms with Crippen molar-refractivity contribution in [2.75, 3.05) is 13.1 Å². The Balaban J connectivity index is 1.58. The van der Waals surface area contributed by atoms with E-state index in [1.54, 1.807) is 13.0 Å². The van der Waals surface area contributed by atoms with Gasteiger partial charge in [0.15, 0.2) is 0 Å². The summed E-state index contributed by atoms with van der Waals surface area (Å²) in [6, 6.07) is 1.98. The van der Waals surface area contributed by atoms with Gasteiger partial charge in [-0.15, -0.1) is 0 Å². The van der Waals surface area contributed by atoms with E-state index in [0.29, 0.717) is 37.9 Å². The molecule has 2 atom stereocenters. The normalized spacial score (nSPS) is 22.8. The molecule has 0 spiro atoms. The highest BCUT2D eigenvalue weighted by Crippen LogP contribution is 2.33. The number of carboxylic acids is 1. The van der Waals surface area contributed by atoms with E-state index in [4.69, 9.17) is 4.74 Å². The third-order valence-electron chi connectivity index (χ3n) is 6.29. The van der Waals surface area contributed by atoms with Crippen LogP contribution in [0.5, 0.6) is 5.88 Å². The lowest BCUT2D eigenvalue weighted by Crippen LogP contribution is -2.40. The van der Waals surface area contributed by atoms with Gasteiger partial charge in [0.2, 0.25) is 21.8 Å². The van der Waals surface area contributed by atoms with Crippen molar-refractivity contribution >= 4 is 16.0 Å². The van der Waals surface area contributed by atoms with E-state index in [1.807, 2.05) is 6.92 Å². The van der Waals surface area contributed by atoms with Crippen LogP contribution in [0, 0.1) is 6.92 Å². The van der Waals surface area contributed by atoms with Gasteiger partial charge in [0.05, 0.1) is 6.10 Å². The molecule has 1 aromatic rings. The Morgan fingerprint density at radius 3 is 2.70 bits per heavy atom. The lowest BCUT2D eigenvalue weighted by Gasteiger charge is -2.29. The Hall–Kier alpha value is -1.85. The summed E-state index contributed by atoms with van der Waals surface area (Å²) >= 11 is 0. The predicted molar refractivity (Wildman–Crippen MR) is 118 cm³/mol. The molecule has 11 heteroatoms. The summed E-state index contributed by atoms with van der Waals surface area (Å²) in [5, 5.41) is 12.7. The van der Waals surface area contributed by atoms with Crippen molar-refractivity contribution in [2.45, 2.75) is 94.2 Å². The fourth-order valence-electron chi connectivity index (χ4n) is 4.39. The van der Waals surface area contributed by atoms with E-state index < -0.39 is 28.0 Å². The Morgan fingerprint density at radius 1 is 1.33 bits per heavy atom. The van der Waals surface area contributed by atoms with E-state index in [1.165, 1.54) is 6.07 Å². The zero-order chi connectivity index (χ0) is 24.2. The molecule has 0 aromatic carbocycles. The summed E-state index contributed by atoms with van der Waals surface area (Å²) < 4.78 is 59.9. The van der Waals surface area contributed by atoms with Gasteiger partial charge in [-0.05, 0) is 71.0 Å². The van der Waals surface area contributed by atoms with E-state index in [0.717, 1.165) is 10.7 Å². The van der Waals surface area contributed by atoms with Crippen LogP contribution in [-0.4, -0.2) is 66.0 Å². The molecule has 0 radical (unpaired) electrons. The fraction of sp³-hybridized carbons (Fsp3) is 0.727. The van der Waals surface area contributed by atoms with Crippen molar-refractivity contribution in [3.63, 3.8) is 0 Å². The van der Waals surface area contributed by atoms with Crippen molar-refractivity contribution in [3.05, 3.63) is 17.8 Å². The lowest BCUT2D eigenvalue weighted by molar-refractivity contribution is -0.140. The minimum absolute atomic E-state index is 0.0268. The molecule has 186 valence electrons. The van der Waals surface area contributed by atoms with Crippen LogP contribution in [0.2, 0.25) is 0 Å². The third-order valence-corrected chi connectivity index (χ3v) is 8.21. The van der Waals surface area contributed by atoms with Gasteiger partial charge in [0, 0.05) is 31.1 Å². The first-order valence-corrected chi connectivity index (χ1v) is 12.9. The molecule has 2 N–H and O–H groups in total.